The fourth-order valence-corrected chi connectivity index (χ4v) is 4.16. The molecule has 8 nitrogen and oxygen atoms in total. The van der Waals surface area contributed by atoms with E-state index in [1.165, 1.54) is 15.6 Å². The van der Waals surface area contributed by atoms with E-state index in [1.807, 2.05) is 37.3 Å². The van der Waals surface area contributed by atoms with E-state index in [-0.39, 0.29) is 30.4 Å². The van der Waals surface area contributed by atoms with E-state index in [1.54, 1.807) is 32.0 Å². The van der Waals surface area contributed by atoms with Crippen molar-refractivity contribution >= 4 is 35.1 Å². The van der Waals surface area contributed by atoms with Crippen molar-refractivity contribution in [1.29, 1.82) is 0 Å². The molecule has 1 atom stereocenters. The van der Waals surface area contributed by atoms with Crippen LogP contribution in [0.15, 0.2) is 54.6 Å². The first-order valence-electron chi connectivity index (χ1n) is 10.9. The molecule has 3 aromatic rings. The fourth-order valence-electron chi connectivity index (χ4n) is 3.98. The van der Waals surface area contributed by atoms with Crippen LogP contribution in [0.5, 0.6) is 0 Å². The zero-order valence-electron chi connectivity index (χ0n) is 19.2. The number of hydrogen-bond donors (Lipinski definition) is 1. The lowest BCUT2D eigenvalue weighted by molar-refractivity contribution is -0.126. The van der Waals surface area contributed by atoms with Crippen molar-refractivity contribution < 1.29 is 19.1 Å². The van der Waals surface area contributed by atoms with Gasteiger partial charge in [-0.15, -0.1) is 0 Å². The first-order valence-corrected chi connectivity index (χ1v) is 11.3. The van der Waals surface area contributed by atoms with Gasteiger partial charge in [0.05, 0.1) is 13.2 Å². The number of aromatic nitrogens is 2. The number of rotatable bonds is 6. The Morgan fingerprint density at radius 3 is 2.59 bits per heavy atom. The Morgan fingerprint density at radius 2 is 1.91 bits per heavy atom. The first-order chi connectivity index (χ1) is 16.2. The summed E-state index contributed by atoms with van der Waals surface area (Å²) in [5.41, 5.74) is 1.11. The number of carbonyl (C=O) groups is 3. The Kier molecular flexibility index (Phi) is 6.43. The molecule has 2 aromatic carbocycles. The highest BCUT2D eigenvalue weighted by Crippen LogP contribution is 2.35. The van der Waals surface area contributed by atoms with Crippen molar-refractivity contribution in [1.82, 2.24) is 15.1 Å². The molecule has 0 saturated carbocycles. The van der Waals surface area contributed by atoms with Crippen LogP contribution in [0.3, 0.4) is 0 Å². The van der Waals surface area contributed by atoms with Crippen molar-refractivity contribution in [3.63, 3.8) is 0 Å². The number of amides is 2. The molecule has 34 heavy (non-hydrogen) atoms. The fraction of sp³-hybridized carbons (Fsp3) is 0.280. The van der Waals surface area contributed by atoms with Crippen LogP contribution in [0.25, 0.3) is 0 Å². The monoisotopic (exact) mass is 480 g/mol. The zero-order valence-corrected chi connectivity index (χ0v) is 19.9. The van der Waals surface area contributed by atoms with Gasteiger partial charge in [0.1, 0.15) is 11.2 Å². The summed E-state index contributed by atoms with van der Waals surface area (Å²) >= 11 is 6.36. The summed E-state index contributed by atoms with van der Waals surface area (Å²) in [7, 11) is 0. The summed E-state index contributed by atoms with van der Waals surface area (Å²) in [6, 6.07) is 16.1. The molecule has 0 bridgehead atoms. The number of nitrogens with one attached hydrogen (secondary N) is 1. The molecule has 0 aliphatic carbocycles. The Labute approximate surface area is 202 Å². The molecule has 1 N–H and O–H groups in total. The summed E-state index contributed by atoms with van der Waals surface area (Å²) in [5, 5.41) is 7.68. The molecule has 0 radical (unpaired) electrons. The van der Waals surface area contributed by atoms with Crippen LogP contribution in [0, 0.1) is 6.92 Å². The van der Waals surface area contributed by atoms with Gasteiger partial charge in [-0.3, -0.25) is 19.2 Å². The number of fused-ring (bicyclic) bond motifs is 1. The number of nitrogens with zero attached hydrogens (tertiary/aromatic N) is 3. The van der Waals surface area contributed by atoms with Gasteiger partial charge in [0.15, 0.2) is 5.69 Å². The van der Waals surface area contributed by atoms with E-state index in [2.05, 4.69) is 10.4 Å². The van der Waals surface area contributed by atoms with Gasteiger partial charge in [-0.25, -0.2) is 4.79 Å². The number of halogens is 1. The normalized spacial score (nSPS) is 17.3. The lowest BCUT2D eigenvalue weighted by Gasteiger charge is -2.43. The number of ether oxygens (including phenoxy) is 1. The predicted molar refractivity (Wildman–Crippen MR) is 128 cm³/mol. The summed E-state index contributed by atoms with van der Waals surface area (Å²) in [5.74, 6) is -1.45. The molecule has 0 fully saturated rings. The van der Waals surface area contributed by atoms with E-state index < -0.39 is 17.4 Å². The van der Waals surface area contributed by atoms with Crippen molar-refractivity contribution in [3.8, 4) is 0 Å². The Morgan fingerprint density at radius 1 is 1.18 bits per heavy atom. The molecule has 1 aliphatic rings. The van der Waals surface area contributed by atoms with Crippen LogP contribution in [-0.2, 0) is 22.6 Å². The Bertz CT molecular complexity index is 1260. The number of benzene rings is 2. The summed E-state index contributed by atoms with van der Waals surface area (Å²) in [4.78, 5) is 40.9. The van der Waals surface area contributed by atoms with Crippen LogP contribution >= 0.6 is 11.6 Å². The third-order valence-electron chi connectivity index (χ3n) is 5.84. The molecule has 0 spiro atoms. The second-order valence-corrected chi connectivity index (χ2v) is 8.72. The minimum Gasteiger partial charge on any atom is -0.461 e. The molecule has 1 aliphatic heterocycles. The van der Waals surface area contributed by atoms with E-state index in [0.717, 1.165) is 11.1 Å². The summed E-state index contributed by atoms with van der Waals surface area (Å²) in [6.07, 6.45) is 0. The molecule has 2 heterocycles. The van der Waals surface area contributed by atoms with Crippen LogP contribution in [0.2, 0.25) is 5.02 Å². The molecule has 9 heteroatoms. The minimum absolute atomic E-state index is 0.0148. The Balaban J connectivity index is 1.75. The SMILES string of the molecule is CCOC(=O)c1cc2n(n1)C[C@@](C)(C(=O)NCc1ccccc1)N(c1ccc(C)c(Cl)c1)C2=O. The lowest BCUT2D eigenvalue weighted by atomic mass is 9.93. The first kappa shape index (κ1) is 23.5. The smallest absolute Gasteiger partial charge is 0.358 e. The van der Waals surface area contributed by atoms with Gasteiger partial charge in [0.25, 0.3) is 5.91 Å². The van der Waals surface area contributed by atoms with Crippen molar-refractivity contribution in [2.75, 3.05) is 11.5 Å². The second kappa shape index (κ2) is 9.30. The van der Waals surface area contributed by atoms with Gasteiger partial charge >= 0.3 is 5.97 Å². The average Bonchev–Trinajstić information content (AvgIpc) is 3.25. The number of aryl methyl sites for hydroxylation is 1. The maximum Gasteiger partial charge on any atom is 0.358 e. The Hall–Kier alpha value is -3.65. The van der Waals surface area contributed by atoms with E-state index in [0.29, 0.717) is 17.3 Å². The van der Waals surface area contributed by atoms with Gasteiger partial charge in [0.2, 0.25) is 5.91 Å². The van der Waals surface area contributed by atoms with Gasteiger partial charge < -0.3 is 10.1 Å². The van der Waals surface area contributed by atoms with Crippen molar-refractivity contribution in [2.45, 2.75) is 39.4 Å². The van der Waals surface area contributed by atoms with Crippen LogP contribution < -0.4 is 10.2 Å². The maximum absolute atomic E-state index is 13.7. The van der Waals surface area contributed by atoms with Gasteiger partial charge in [-0.1, -0.05) is 48.0 Å². The second-order valence-electron chi connectivity index (χ2n) is 8.31. The topological polar surface area (TPSA) is 93.5 Å². The van der Waals surface area contributed by atoms with Crippen LogP contribution in [0.4, 0.5) is 5.69 Å². The molecular weight excluding hydrogens is 456 g/mol. The molecule has 1 aromatic heterocycles. The van der Waals surface area contributed by atoms with Crippen molar-refractivity contribution in [3.05, 3.63) is 82.1 Å². The van der Waals surface area contributed by atoms with Gasteiger partial charge in [-0.2, -0.15) is 5.10 Å². The number of hydrogen-bond acceptors (Lipinski definition) is 5. The molecule has 176 valence electrons. The third-order valence-corrected chi connectivity index (χ3v) is 6.24. The molecule has 2 amide bonds. The van der Waals surface area contributed by atoms with Gasteiger partial charge in [-0.05, 0) is 44.0 Å². The van der Waals surface area contributed by atoms with Crippen molar-refractivity contribution in [2.24, 2.45) is 0 Å². The molecular formula is C25H25ClN4O4. The third kappa shape index (κ3) is 4.28. The lowest BCUT2D eigenvalue weighted by Crippen LogP contribution is -2.64. The molecule has 0 unspecified atom stereocenters. The molecule has 0 saturated heterocycles. The minimum atomic E-state index is -1.34. The van der Waals surface area contributed by atoms with Crippen LogP contribution in [0.1, 0.15) is 46.0 Å². The number of esters is 1. The zero-order chi connectivity index (χ0) is 24.5. The highest BCUT2D eigenvalue weighted by Gasteiger charge is 2.49. The number of anilines is 1. The molecule has 4 rings (SSSR count). The predicted octanol–water partition coefficient (Wildman–Crippen LogP) is 3.76. The summed E-state index contributed by atoms with van der Waals surface area (Å²) < 4.78 is 6.42. The van der Waals surface area contributed by atoms with E-state index in [9.17, 15) is 14.4 Å². The highest BCUT2D eigenvalue weighted by molar-refractivity contribution is 6.31. The quantitative estimate of drug-likeness (QED) is 0.542. The number of carbonyl (C=O) groups excluding carboxylic acids is 3. The van der Waals surface area contributed by atoms with Crippen LogP contribution in [-0.4, -0.2) is 39.7 Å². The summed E-state index contributed by atoms with van der Waals surface area (Å²) in [6.45, 7) is 5.74. The van der Waals surface area contributed by atoms with E-state index in [4.69, 9.17) is 16.3 Å². The average molecular weight is 481 g/mol. The largest absolute Gasteiger partial charge is 0.461 e. The van der Waals surface area contributed by atoms with E-state index >= 15 is 0 Å². The maximum atomic E-state index is 13.7. The highest BCUT2D eigenvalue weighted by atomic mass is 35.5. The standard InChI is InChI=1S/C25H25ClN4O4/c1-4-34-23(32)20-13-21-22(31)30(18-11-10-16(2)19(26)12-18)25(3,15-29(21)28-20)24(33)27-14-17-8-6-5-7-9-17/h5-13H,4,14-15H2,1-3H3,(H,27,33)/t25-/m0/s1. The van der Waals surface area contributed by atoms with Gasteiger partial charge in [0, 0.05) is 23.3 Å².